The lowest BCUT2D eigenvalue weighted by Gasteiger charge is -2.13. The first-order chi connectivity index (χ1) is 13.7. The second-order valence-corrected chi connectivity index (χ2v) is 6.05. The van der Waals surface area contributed by atoms with Crippen molar-refractivity contribution in [2.75, 3.05) is 34.4 Å². The van der Waals surface area contributed by atoms with Crippen molar-refractivity contribution in [3.63, 3.8) is 0 Å². The molecular weight excluding hydrogens is 361 g/mol. The van der Waals surface area contributed by atoms with Crippen LogP contribution < -0.4 is 24.8 Å². The molecule has 0 aromatic heterocycles. The fraction of sp³-hybridized carbons (Fsp3) is 0.381. The summed E-state index contributed by atoms with van der Waals surface area (Å²) in [4.78, 5) is 4.22. The van der Waals surface area contributed by atoms with E-state index in [1.165, 1.54) is 12.1 Å². The number of ether oxygens (including phenoxy) is 3. The van der Waals surface area contributed by atoms with Crippen LogP contribution in [-0.4, -0.2) is 40.4 Å². The quantitative estimate of drug-likeness (QED) is 0.371. The van der Waals surface area contributed by atoms with Crippen molar-refractivity contribution < 1.29 is 18.6 Å². The Kier molecular flexibility index (Phi) is 8.91. The molecule has 0 heterocycles. The zero-order valence-corrected chi connectivity index (χ0v) is 16.6. The van der Waals surface area contributed by atoms with Crippen LogP contribution in [0.1, 0.15) is 18.4 Å². The van der Waals surface area contributed by atoms with Crippen molar-refractivity contribution in [3.05, 3.63) is 53.8 Å². The van der Waals surface area contributed by atoms with Crippen LogP contribution in [0.25, 0.3) is 0 Å². The van der Waals surface area contributed by atoms with Gasteiger partial charge in [-0.1, -0.05) is 6.07 Å². The summed E-state index contributed by atoms with van der Waals surface area (Å²) >= 11 is 0. The van der Waals surface area contributed by atoms with E-state index in [2.05, 4.69) is 15.6 Å². The molecule has 0 saturated carbocycles. The molecule has 0 atom stereocenters. The topological polar surface area (TPSA) is 64.1 Å². The van der Waals surface area contributed by atoms with Crippen LogP contribution in [0.3, 0.4) is 0 Å². The van der Waals surface area contributed by atoms with Crippen molar-refractivity contribution in [1.82, 2.24) is 10.6 Å². The number of methoxy groups -OCH3 is 2. The van der Waals surface area contributed by atoms with Gasteiger partial charge in [0.05, 0.1) is 20.8 Å². The Balaban J connectivity index is 1.65. The minimum absolute atomic E-state index is 0.261. The number of halogens is 1. The number of nitrogens with one attached hydrogen (secondary N) is 2. The van der Waals surface area contributed by atoms with Crippen LogP contribution in [0.15, 0.2) is 47.5 Å². The third-order valence-electron chi connectivity index (χ3n) is 4.08. The Morgan fingerprint density at radius 1 is 0.964 bits per heavy atom. The summed E-state index contributed by atoms with van der Waals surface area (Å²) in [6, 6.07) is 11.9. The summed E-state index contributed by atoms with van der Waals surface area (Å²) in [5.41, 5.74) is 1.06. The van der Waals surface area contributed by atoms with E-state index in [4.69, 9.17) is 14.2 Å². The van der Waals surface area contributed by atoms with E-state index in [9.17, 15) is 4.39 Å². The number of nitrogens with zero attached hydrogens (tertiary/aromatic N) is 1. The van der Waals surface area contributed by atoms with Gasteiger partial charge in [-0.25, -0.2) is 4.39 Å². The Labute approximate surface area is 165 Å². The van der Waals surface area contributed by atoms with Gasteiger partial charge in [-0.3, -0.25) is 4.99 Å². The molecule has 2 aromatic carbocycles. The summed E-state index contributed by atoms with van der Waals surface area (Å²) < 4.78 is 29.0. The largest absolute Gasteiger partial charge is 0.494 e. The number of unbranched alkanes of at least 4 members (excludes halogenated alkanes) is 1. The third-order valence-corrected chi connectivity index (χ3v) is 4.08. The first-order valence-corrected chi connectivity index (χ1v) is 9.20. The van der Waals surface area contributed by atoms with E-state index in [0.717, 1.165) is 30.9 Å². The van der Waals surface area contributed by atoms with Crippen molar-refractivity contribution in [2.45, 2.75) is 19.4 Å². The predicted octanol–water partition coefficient (Wildman–Crippen LogP) is 3.37. The number of guanidine groups is 1. The van der Waals surface area contributed by atoms with Crippen LogP contribution in [-0.2, 0) is 6.54 Å². The SMILES string of the molecule is CN=C(NCCCCOc1ccc(F)cc1)NCc1ccc(OC)c(OC)c1. The lowest BCUT2D eigenvalue weighted by molar-refractivity contribution is 0.306. The summed E-state index contributed by atoms with van der Waals surface area (Å²) in [7, 11) is 4.98. The Bertz CT molecular complexity index is 751. The van der Waals surface area contributed by atoms with Gasteiger partial charge >= 0.3 is 0 Å². The standard InChI is InChI=1S/C21H28FN3O3/c1-23-21(25-15-16-6-11-19(26-2)20(14-16)27-3)24-12-4-5-13-28-18-9-7-17(22)8-10-18/h6-11,14H,4-5,12-13,15H2,1-3H3,(H2,23,24,25). The molecule has 152 valence electrons. The second kappa shape index (κ2) is 11.7. The summed E-state index contributed by atoms with van der Waals surface area (Å²) in [6.07, 6.45) is 1.81. The Hall–Kier alpha value is -2.96. The molecule has 0 radical (unpaired) electrons. The lowest BCUT2D eigenvalue weighted by atomic mass is 10.2. The van der Waals surface area contributed by atoms with E-state index in [0.29, 0.717) is 30.4 Å². The van der Waals surface area contributed by atoms with Gasteiger partial charge in [0.2, 0.25) is 0 Å². The number of rotatable bonds is 10. The maximum Gasteiger partial charge on any atom is 0.191 e. The molecule has 0 bridgehead atoms. The van der Waals surface area contributed by atoms with E-state index in [1.54, 1.807) is 33.4 Å². The van der Waals surface area contributed by atoms with Gasteiger partial charge in [-0.15, -0.1) is 0 Å². The molecule has 0 unspecified atom stereocenters. The molecule has 0 aliphatic carbocycles. The maximum atomic E-state index is 12.8. The van der Waals surface area contributed by atoms with Crippen LogP contribution in [0.4, 0.5) is 4.39 Å². The van der Waals surface area contributed by atoms with E-state index < -0.39 is 0 Å². The first-order valence-electron chi connectivity index (χ1n) is 9.20. The molecule has 0 amide bonds. The molecule has 0 aliphatic heterocycles. The molecule has 0 aliphatic rings. The van der Waals surface area contributed by atoms with Gasteiger partial charge < -0.3 is 24.8 Å². The number of benzene rings is 2. The fourth-order valence-corrected chi connectivity index (χ4v) is 2.55. The number of hydrogen-bond donors (Lipinski definition) is 2. The Morgan fingerprint density at radius 3 is 2.39 bits per heavy atom. The second-order valence-electron chi connectivity index (χ2n) is 6.05. The molecule has 7 heteroatoms. The van der Waals surface area contributed by atoms with Gasteiger partial charge in [0.1, 0.15) is 11.6 Å². The maximum absolute atomic E-state index is 12.8. The minimum atomic E-state index is -0.261. The number of hydrogen-bond acceptors (Lipinski definition) is 4. The normalized spacial score (nSPS) is 11.1. The highest BCUT2D eigenvalue weighted by Gasteiger charge is 2.05. The minimum Gasteiger partial charge on any atom is -0.494 e. The average molecular weight is 389 g/mol. The fourth-order valence-electron chi connectivity index (χ4n) is 2.55. The molecular formula is C21H28FN3O3. The number of aliphatic imine (C=N–C) groups is 1. The zero-order valence-electron chi connectivity index (χ0n) is 16.6. The Morgan fingerprint density at radius 2 is 1.71 bits per heavy atom. The molecule has 0 fully saturated rings. The van der Waals surface area contributed by atoms with Crippen molar-refractivity contribution in [1.29, 1.82) is 0 Å². The summed E-state index contributed by atoms with van der Waals surface area (Å²) in [6.45, 7) is 1.98. The highest BCUT2D eigenvalue weighted by Crippen LogP contribution is 2.27. The molecule has 0 spiro atoms. The van der Waals surface area contributed by atoms with Crippen LogP contribution in [0.5, 0.6) is 17.2 Å². The van der Waals surface area contributed by atoms with E-state index in [1.807, 2.05) is 18.2 Å². The smallest absolute Gasteiger partial charge is 0.191 e. The summed E-state index contributed by atoms with van der Waals surface area (Å²) in [5, 5.41) is 6.55. The van der Waals surface area contributed by atoms with Crippen molar-refractivity contribution in [2.24, 2.45) is 4.99 Å². The third kappa shape index (κ3) is 6.98. The zero-order chi connectivity index (χ0) is 20.2. The average Bonchev–Trinajstić information content (AvgIpc) is 2.73. The van der Waals surface area contributed by atoms with E-state index in [-0.39, 0.29) is 5.82 Å². The van der Waals surface area contributed by atoms with Gasteiger partial charge in [-0.2, -0.15) is 0 Å². The van der Waals surface area contributed by atoms with Crippen molar-refractivity contribution in [3.8, 4) is 17.2 Å². The molecule has 2 N–H and O–H groups in total. The highest BCUT2D eigenvalue weighted by atomic mass is 19.1. The molecule has 6 nitrogen and oxygen atoms in total. The molecule has 0 saturated heterocycles. The first kappa shape index (κ1) is 21.3. The van der Waals surface area contributed by atoms with E-state index >= 15 is 0 Å². The molecule has 2 rings (SSSR count). The van der Waals surface area contributed by atoms with Crippen LogP contribution in [0.2, 0.25) is 0 Å². The predicted molar refractivity (Wildman–Crippen MR) is 109 cm³/mol. The lowest BCUT2D eigenvalue weighted by Crippen LogP contribution is -2.37. The van der Waals surface area contributed by atoms with Crippen LogP contribution >= 0.6 is 0 Å². The summed E-state index contributed by atoms with van der Waals surface area (Å²) in [5.74, 6) is 2.56. The monoisotopic (exact) mass is 389 g/mol. The van der Waals surface area contributed by atoms with Gasteiger partial charge in [0.15, 0.2) is 17.5 Å². The molecule has 2 aromatic rings. The highest BCUT2D eigenvalue weighted by molar-refractivity contribution is 5.79. The van der Waals surface area contributed by atoms with Gasteiger partial charge in [-0.05, 0) is 54.8 Å². The van der Waals surface area contributed by atoms with Gasteiger partial charge in [0, 0.05) is 20.1 Å². The van der Waals surface area contributed by atoms with Crippen molar-refractivity contribution >= 4 is 5.96 Å². The van der Waals surface area contributed by atoms with Crippen LogP contribution in [0, 0.1) is 5.82 Å². The molecule has 28 heavy (non-hydrogen) atoms. The van der Waals surface area contributed by atoms with Gasteiger partial charge in [0.25, 0.3) is 0 Å².